The Morgan fingerprint density at radius 1 is 1.27 bits per heavy atom. The molecule has 1 aromatic carbocycles. The van der Waals surface area contributed by atoms with Gasteiger partial charge in [0.05, 0.1) is 6.61 Å². The SMILES string of the molecule is CCOC(=O)[C@@H](NC(=O)OC(C)(C)C)C(c1ccccc1Cl)C1(C)CC1. The fourth-order valence-electron chi connectivity index (χ4n) is 3.14. The molecule has 26 heavy (non-hydrogen) atoms. The molecule has 1 saturated carbocycles. The zero-order valence-electron chi connectivity index (χ0n) is 16.1. The predicted octanol–water partition coefficient (Wildman–Crippen LogP) is 4.68. The monoisotopic (exact) mass is 381 g/mol. The molecular formula is C20H28ClNO4. The summed E-state index contributed by atoms with van der Waals surface area (Å²) in [7, 11) is 0. The lowest BCUT2D eigenvalue weighted by Crippen LogP contribution is -2.49. The minimum Gasteiger partial charge on any atom is -0.464 e. The van der Waals surface area contributed by atoms with Gasteiger partial charge in [-0.15, -0.1) is 0 Å². The van der Waals surface area contributed by atoms with E-state index in [2.05, 4.69) is 12.2 Å². The van der Waals surface area contributed by atoms with Crippen LogP contribution in [-0.2, 0) is 14.3 Å². The first-order valence-corrected chi connectivity index (χ1v) is 9.36. The molecule has 1 aliphatic rings. The van der Waals surface area contributed by atoms with Gasteiger partial charge in [0.25, 0.3) is 0 Å². The molecule has 0 bridgehead atoms. The number of halogens is 1. The van der Waals surface area contributed by atoms with E-state index in [1.165, 1.54) is 0 Å². The largest absolute Gasteiger partial charge is 0.464 e. The Morgan fingerprint density at radius 2 is 1.88 bits per heavy atom. The summed E-state index contributed by atoms with van der Waals surface area (Å²) in [6, 6.07) is 6.57. The van der Waals surface area contributed by atoms with E-state index in [-0.39, 0.29) is 17.9 Å². The summed E-state index contributed by atoms with van der Waals surface area (Å²) in [5, 5.41) is 3.31. The summed E-state index contributed by atoms with van der Waals surface area (Å²) in [6.07, 6.45) is 1.26. The van der Waals surface area contributed by atoms with Crippen LogP contribution in [-0.4, -0.2) is 30.3 Å². The van der Waals surface area contributed by atoms with Crippen molar-refractivity contribution in [2.75, 3.05) is 6.61 Å². The molecule has 6 heteroatoms. The molecule has 2 rings (SSSR count). The second-order valence-corrected chi connectivity index (χ2v) is 8.44. The van der Waals surface area contributed by atoms with Crippen molar-refractivity contribution in [1.82, 2.24) is 5.32 Å². The van der Waals surface area contributed by atoms with Crippen LogP contribution in [0.3, 0.4) is 0 Å². The van der Waals surface area contributed by atoms with E-state index in [0.717, 1.165) is 18.4 Å². The number of carbonyl (C=O) groups excluding carboxylic acids is 2. The number of esters is 1. The molecular weight excluding hydrogens is 354 g/mol. The summed E-state index contributed by atoms with van der Waals surface area (Å²) >= 11 is 6.43. The number of amides is 1. The zero-order chi connectivity index (χ0) is 19.5. The van der Waals surface area contributed by atoms with Crippen LogP contribution in [0, 0.1) is 5.41 Å². The van der Waals surface area contributed by atoms with Gasteiger partial charge < -0.3 is 14.8 Å². The Balaban J connectivity index is 2.38. The third-order valence-electron chi connectivity index (χ3n) is 4.58. The fraction of sp³-hybridized carbons (Fsp3) is 0.600. The van der Waals surface area contributed by atoms with Crippen LogP contribution in [0.4, 0.5) is 4.79 Å². The minimum absolute atomic E-state index is 0.128. The number of hydrogen-bond donors (Lipinski definition) is 1. The first-order valence-electron chi connectivity index (χ1n) is 8.98. The van der Waals surface area contributed by atoms with Crippen molar-refractivity contribution < 1.29 is 19.1 Å². The topological polar surface area (TPSA) is 64.6 Å². The number of ether oxygens (including phenoxy) is 2. The number of carbonyl (C=O) groups is 2. The van der Waals surface area contributed by atoms with Crippen molar-refractivity contribution in [2.24, 2.45) is 5.41 Å². The zero-order valence-corrected chi connectivity index (χ0v) is 16.9. The van der Waals surface area contributed by atoms with Gasteiger partial charge in [0, 0.05) is 10.9 Å². The summed E-state index contributed by atoms with van der Waals surface area (Å²) in [6.45, 7) is 9.41. The fourth-order valence-corrected chi connectivity index (χ4v) is 3.39. The molecule has 1 unspecified atom stereocenters. The van der Waals surface area contributed by atoms with Crippen molar-refractivity contribution in [2.45, 2.75) is 65.0 Å². The summed E-state index contributed by atoms with van der Waals surface area (Å²) in [5.74, 6) is -0.765. The molecule has 1 fully saturated rings. The lowest BCUT2D eigenvalue weighted by molar-refractivity contribution is -0.146. The van der Waals surface area contributed by atoms with Gasteiger partial charge in [-0.1, -0.05) is 36.7 Å². The molecule has 0 radical (unpaired) electrons. The number of rotatable bonds is 6. The minimum atomic E-state index is -0.864. The Hall–Kier alpha value is -1.75. The highest BCUT2D eigenvalue weighted by atomic mass is 35.5. The number of nitrogens with one attached hydrogen (secondary N) is 1. The van der Waals surface area contributed by atoms with Gasteiger partial charge in [-0.3, -0.25) is 0 Å². The Bertz CT molecular complexity index is 664. The second kappa shape index (κ2) is 7.87. The molecule has 1 amide bonds. The molecule has 0 aliphatic heterocycles. The first-order chi connectivity index (χ1) is 12.1. The van der Waals surface area contributed by atoms with Crippen LogP contribution in [0.25, 0.3) is 0 Å². The van der Waals surface area contributed by atoms with E-state index in [9.17, 15) is 9.59 Å². The average molecular weight is 382 g/mol. The average Bonchev–Trinajstić information content (AvgIpc) is 3.25. The molecule has 1 aromatic rings. The van der Waals surface area contributed by atoms with Crippen LogP contribution in [0.1, 0.15) is 58.9 Å². The highest BCUT2D eigenvalue weighted by Crippen LogP contribution is 2.58. The lowest BCUT2D eigenvalue weighted by Gasteiger charge is -2.32. The number of hydrogen-bond acceptors (Lipinski definition) is 4. The van der Waals surface area contributed by atoms with Crippen molar-refractivity contribution in [3.05, 3.63) is 34.9 Å². The van der Waals surface area contributed by atoms with E-state index >= 15 is 0 Å². The van der Waals surface area contributed by atoms with Gasteiger partial charge in [0.15, 0.2) is 0 Å². The summed E-state index contributed by atoms with van der Waals surface area (Å²) in [5.41, 5.74) is 0.0488. The quantitative estimate of drug-likeness (QED) is 0.726. The predicted molar refractivity (Wildman–Crippen MR) is 101 cm³/mol. The normalized spacial score (nSPS) is 17.8. The first kappa shape index (κ1) is 20.6. The molecule has 0 spiro atoms. The Morgan fingerprint density at radius 3 is 2.38 bits per heavy atom. The van der Waals surface area contributed by atoms with Gasteiger partial charge in [-0.25, -0.2) is 9.59 Å². The van der Waals surface area contributed by atoms with E-state index in [1.807, 2.05) is 18.2 Å². The maximum Gasteiger partial charge on any atom is 0.408 e. The Kier molecular flexibility index (Phi) is 6.22. The van der Waals surface area contributed by atoms with Crippen LogP contribution in [0.2, 0.25) is 5.02 Å². The van der Waals surface area contributed by atoms with Crippen LogP contribution in [0.15, 0.2) is 24.3 Å². The second-order valence-electron chi connectivity index (χ2n) is 8.03. The molecule has 1 N–H and O–H groups in total. The van der Waals surface area contributed by atoms with Gasteiger partial charge >= 0.3 is 12.1 Å². The maximum absolute atomic E-state index is 12.7. The van der Waals surface area contributed by atoms with Gasteiger partial charge in [0.1, 0.15) is 11.6 Å². The molecule has 1 aliphatic carbocycles. The molecule has 0 heterocycles. The standard InChI is InChI=1S/C20H28ClNO4/c1-6-25-17(23)16(22-18(24)26-19(2,3)4)15(20(5)11-12-20)13-9-7-8-10-14(13)21/h7-10,15-16H,6,11-12H2,1-5H3,(H,22,24)/t15?,16-/m0/s1. The molecule has 0 saturated heterocycles. The lowest BCUT2D eigenvalue weighted by atomic mass is 9.79. The molecule has 144 valence electrons. The highest BCUT2D eigenvalue weighted by molar-refractivity contribution is 6.31. The number of benzene rings is 1. The smallest absolute Gasteiger partial charge is 0.408 e. The summed E-state index contributed by atoms with van der Waals surface area (Å²) in [4.78, 5) is 25.1. The summed E-state index contributed by atoms with van der Waals surface area (Å²) < 4.78 is 10.6. The van der Waals surface area contributed by atoms with Gasteiger partial charge in [-0.2, -0.15) is 0 Å². The van der Waals surface area contributed by atoms with E-state index < -0.39 is 23.7 Å². The third kappa shape index (κ3) is 5.13. The van der Waals surface area contributed by atoms with Crippen LogP contribution < -0.4 is 5.32 Å². The van der Waals surface area contributed by atoms with Gasteiger partial charge in [0.2, 0.25) is 0 Å². The highest BCUT2D eigenvalue weighted by Gasteiger charge is 2.52. The van der Waals surface area contributed by atoms with E-state index in [0.29, 0.717) is 5.02 Å². The van der Waals surface area contributed by atoms with Gasteiger partial charge in [-0.05, 0) is 57.6 Å². The number of alkyl carbamates (subject to hydrolysis) is 1. The van der Waals surface area contributed by atoms with E-state index in [1.54, 1.807) is 33.8 Å². The van der Waals surface area contributed by atoms with E-state index in [4.69, 9.17) is 21.1 Å². The molecule has 0 aromatic heterocycles. The van der Waals surface area contributed by atoms with Crippen LogP contribution >= 0.6 is 11.6 Å². The Labute approximate surface area is 160 Å². The maximum atomic E-state index is 12.7. The van der Waals surface area contributed by atoms with Crippen LogP contribution in [0.5, 0.6) is 0 Å². The van der Waals surface area contributed by atoms with Crippen molar-refractivity contribution >= 4 is 23.7 Å². The van der Waals surface area contributed by atoms with Crippen molar-refractivity contribution in [3.8, 4) is 0 Å². The molecule has 5 nitrogen and oxygen atoms in total. The van der Waals surface area contributed by atoms with Crippen molar-refractivity contribution in [1.29, 1.82) is 0 Å². The molecule has 2 atom stereocenters. The third-order valence-corrected chi connectivity index (χ3v) is 4.92. The van der Waals surface area contributed by atoms with Crippen molar-refractivity contribution in [3.63, 3.8) is 0 Å².